The molecular formula is C19H28ClIN6. The molecule has 1 N–H and O–H groups in total. The fourth-order valence-corrected chi connectivity index (χ4v) is 3.49. The number of nitrogens with one attached hydrogen (secondary N) is 1. The molecule has 6 nitrogen and oxygen atoms in total. The third kappa shape index (κ3) is 6.00. The zero-order chi connectivity index (χ0) is 18.4. The van der Waals surface area contributed by atoms with Crippen LogP contribution in [0.3, 0.4) is 0 Å². The van der Waals surface area contributed by atoms with E-state index < -0.39 is 0 Å². The summed E-state index contributed by atoms with van der Waals surface area (Å²) in [6.07, 6.45) is 4.98. The van der Waals surface area contributed by atoms with Crippen LogP contribution in [-0.4, -0.2) is 60.4 Å². The first-order chi connectivity index (χ1) is 12.7. The lowest BCUT2D eigenvalue weighted by Gasteiger charge is -2.38. The van der Waals surface area contributed by atoms with Crippen molar-refractivity contribution >= 4 is 47.2 Å². The maximum Gasteiger partial charge on any atom is 0.193 e. The van der Waals surface area contributed by atoms with Gasteiger partial charge in [-0.05, 0) is 31.0 Å². The van der Waals surface area contributed by atoms with Crippen LogP contribution in [0, 0.1) is 6.92 Å². The molecule has 0 radical (unpaired) electrons. The quantitative estimate of drug-likeness (QED) is 0.295. The Bertz CT molecular complexity index is 739. The van der Waals surface area contributed by atoms with Crippen LogP contribution in [0.5, 0.6) is 0 Å². The van der Waals surface area contributed by atoms with Gasteiger partial charge in [-0.1, -0.05) is 23.7 Å². The van der Waals surface area contributed by atoms with Crippen molar-refractivity contribution in [1.82, 2.24) is 20.0 Å². The number of aliphatic imine (C=N–C) groups is 1. The van der Waals surface area contributed by atoms with Gasteiger partial charge in [0.15, 0.2) is 5.96 Å². The Kier molecular flexibility index (Phi) is 8.69. The van der Waals surface area contributed by atoms with Gasteiger partial charge in [0.05, 0.1) is 16.9 Å². The predicted molar refractivity (Wildman–Crippen MR) is 124 cm³/mol. The number of benzene rings is 1. The zero-order valence-electron chi connectivity index (χ0n) is 15.9. The highest BCUT2D eigenvalue weighted by molar-refractivity contribution is 14.0. The number of rotatable bonds is 5. The van der Waals surface area contributed by atoms with Gasteiger partial charge < -0.3 is 15.1 Å². The molecule has 1 aliphatic rings. The minimum atomic E-state index is 0. The van der Waals surface area contributed by atoms with Crippen molar-refractivity contribution in [2.45, 2.75) is 19.9 Å². The van der Waals surface area contributed by atoms with E-state index in [0.29, 0.717) is 0 Å². The maximum atomic E-state index is 6.32. The van der Waals surface area contributed by atoms with E-state index >= 15 is 0 Å². The summed E-state index contributed by atoms with van der Waals surface area (Å²) >= 11 is 6.32. The van der Waals surface area contributed by atoms with Crippen LogP contribution in [0.4, 0.5) is 5.69 Å². The number of aryl methyl sites for hydroxylation is 2. The molecule has 0 amide bonds. The van der Waals surface area contributed by atoms with E-state index in [-0.39, 0.29) is 24.0 Å². The second-order valence-corrected chi connectivity index (χ2v) is 6.94. The molecule has 1 fully saturated rings. The highest BCUT2D eigenvalue weighted by Crippen LogP contribution is 2.25. The molecule has 1 aliphatic heterocycles. The molecule has 0 bridgehead atoms. The molecule has 27 heavy (non-hydrogen) atoms. The minimum Gasteiger partial charge on any atom is -0.367 e. The average molecular weight is 503 g/mol. The van der Waals surface area contributed by atoms with Gasteiger partial charge in [0.1, 0.15) is 0 Å². The topological polar surface area (TPSA) is 48.7 Å². The summed E-state index contributed by atoms with van der Waals surface area (Å²) in [6, 6.07) is 8.04. The van der Waals surface area contributed by atoms with Crippen molar-refractivity contribution in [3.8, 4) is 0 Å². The molecule has 8 heteroatoms. The van der Waals surface area contributed by atoms with E-state index in [1.807, 2.05) is 36.1 Å². The number of hydrogen-bond donors (Lipinski definition) is 1. The number of hydrogen-bond acceptors (Lipinski definition) is 3. The number of halogens is 2. The summed E-state index contributed by atoms with van der Waals surface area (Å²) in [5.41, 5.74) is 2.32. The Morgan fingerprint density at radius 2 is 1.96 bits per heavy atom. The summed E-state index contributed by atoms with van der Waals surface area (Å²) in [6.45, 7) is 7.61. The SMILES string of the molecule is CN=C(NCCCn1cc(C)cn1)N1CCN(c2ccccc2Cl)CC1.I. The van der Waals surface area contributed by atoms with Gasteiger partial charge in [-0.25, -0.2) is 0 Å². The number of guanidine groups is 1. The standard InChI is InChI=1S/C19H27ClN6.HI/c1-16-14-23-26(15-16)9-5-8-22-19(21-2)25-12-10-24(11-13-25)18-7-4-3-6-17(18)20;/h3-4,6-7,14-15H,5,8-13H2,1-2H3,(H,21,22);1H. The molecular weight excluding hydrogens is 475 g/mol. The first kappa shape index (κ1) is 21.8. The molecule has 1 saturated heterocycles. The summed E-state index contributed by atoms with van der Waals surface area (Å²) in [5.74, 6) is 0.973. The Morgan fingerprint density at radius 1 is 1.22 bits per heavy atom. The van der Waals surface area contributed by atoms with Crippen LogP contribution in [0.1, 0.15) is 12.0 Å². The lowest BCUT2D eigenvalue weighted by Crippen LogP contribution is -2.52. The summed E-state index contributed by atoms with van der Waals surface area (Å²) < 4.78 is 1.99. The van der Waals surface area contributed by atoms with E-state index in [1.165, 1.54) is 5.56 Å². The third-order valence-corrected chi connectivity index (χ3v) is 4.91. The lowest BCUT2D eigenvalue weighted by atomic mass is 10.2. The lowest BCUT2D eigenvalue weighted by molar-refractivity contribution is 0.371. The van der Waals surface area contributed by atoms with Crippen LogP contribution in [0.15, 0.2) is 41.7 Å². The fraction of sp³-hybridized carbons (Fsp3) is 0.474. The van der Waals surface area contributed by atoms with Gasteiger partial charge in [0.2, 0.25) is 0 Å². The number of piperazine rings is 1. The van der Waals surface area contributed by atoms with Crippen LogP contribution in [0.25, 0.3) is 0 Å². The maximum absolute atomic E-state index is 6.32. The second-order valence-electron chi connectivity index (χ2n) is 6.53. The fourth-order valence-electron chi connectivity index (χ4n) is 3.23. The van der Waals surface area contributed by atoms with Gasteiger partial charge in [0, 0.05) is 52.5 Å². The number of nitrogens with zero attached hydrogens (tertiary/aromatic N) is 5. The van der Waals surface area contributed by atoms with Gasteiger partial charge in [0.25, 0.3) is 0 Å². The molecule has 148 valence electrons. The number of para-hydroxylation sites is 1. The molecule has 2 heterocycles. The molecule has 0 saturated carbocycles. The molecule has 0 aliphatic carbocycles. The Hall–Kier alpha value is -1.48. The number of aromatic nitrogens is 2. The average Bonchev–Trinajstić information content (AvgIpc) is 3.08. The first-order valence-electron chi connectivity index (χ1n) is 9.11. The summed E-state index contributed by atoms with van der Waals surface area (Å²) in [4.78, 5) is 9.09. The van der Waals surface area contributed by atoms with E-state index in [9.17, 15) is 0 Å². The molecule has 2 aromatic rings. The summed E-state index contributed by atoms with van der Waals surface area (Å²) in [7, 11) is 1.85. The third-order valence-electron chi connectivity index (χ3n) is 4.59. The van der Waals surface area contributed by atoms with Gasteiger partial charge in [-0.3, -0.25) is 9.67 Å². The smallest absolute Gasteiger partial charge is 0.193 e. The van der Waals surface area contributed by atoms with Crippen molar-refractivity contribution in [2.24, 2.45) is 4.99 Å². The van der Waals surface area contributed by atoms with E-state index in [2.05, 4.69) is 44.4 Å². The molecule has 0 spiro atoms. The molecule has 1 aromatic carbocycles. The van der Waals surface area contributed by atoms with E-state index in [4.69, 9.17) is 11.6 Å². The minimum absolute atomic E-state index is 0. The Balaban J connectivity index is 0.00000261. The second kappa shape index (κ2) is 10.8. The van der Waals surface area contributed by atoms with Crippen molar-refractivity contribution in [3.63, 3.8) is 0 Å². The monoisotopic (exact) mass is 502 g/mol. The van der Waals surface area contributed by atoms with Crippen LogP contribution < -0.4 is 10.2 Å². The largest absolute Gasteiger partial charge is 0.367 e. The van der Waals surface area contributed by atoms with Gasteiger partial charge >= 0.3 is 0 Å². The highest BCUT2D eigenvalue weighted by Gasteiger charge is 2.20. The van der Waals surface area contributed by atoms with E-state index in [0.717, 1.165) is 62.4 Å². The highest BCUT2D eigenvalue weighted by atomic mass is 127. The predicted octanol–water partition coefficient (Wildman–Crippen LogP) is 3.25. The van der Waals surface area contributed by atoms with Crippen LogP contribution >= 0.6 is 35.6 Å². The molecule has 0 atom stereocenters. The first-order valence-corrected chi connectivity index (χ1v) is 9.49. The normalized spacial score (nSPS) is 14.9. The van der Waals surface area contributed by atoms with Crippen LogP contribution in [-0.2, 0) is 6.54 Å². The zero-order valence-corrected chi connectivity index (χ0v) is 19.0. The molecule has 3 rings (SSSR count). The molecule has 1 aromatic heterocycles. The van der Waals surface area contributed by atoms with Crippen LogP contribution in [0.2, 0.25) is 5.02 Å². The van der Waals surface area contributed by atoms with Crippen molar-refractivity contribution in [2.75, 3.05) is 44.7 Å². The van der Waals surface area contributed by atoms with Crippen molar-refractivity contribution < 1.29 is 0 Å². The van der Waals surface area contributed by atoms with Crippen molar-refractivity contribution in [3.05, 3.63) is 47.2 Å². The molecule has 0 unspecified atom stereocenters. The van der Waals surface area contributed by atoms with E-state index in [1.54, 1.807) is 0 Å². The Labute approximate surface area is 183 Å². The Morgan fingerprint density at radius 3 is 2.59 bits per heavy atom. The number of anilines is 1. The van der Waals surface area contributed by atoms with Gasteiger partial charge in [-0.2, -0.15) is 5.10 Å². The van der Waals surface area contributed by atoms with Crippen molar-refractivity contribution in [1.29, 1.82) is 0 Å². The van der Waals surface area contributed by atoms with Gasteiger partial charge in [-0.15, -0.1) is 24.0 Å². The summed E-state index contributed by atoms with van der Waals surface area (Å²) in [5, 5.41) is 8.61.